The van der Waals surface area contributed by atoms with Gasteiger partial charge in [0, 0.05) is 56.2 Å². The van der Waals surface area contributed by atoms with Crippen molar-refractivity contribution < 1.29 is 4.74 Å². The molecule has 0 aromatic heterocycles. The van der Waals surface area contributed by atoms with Crippen LogP contribution in [0.1, 0.15) is 47.5 Å². The molecule has 0 spiro atoms. The molecule has 0 amide bonds. The molecule has 5 unspecified atom stereocenters. The van der Waals surface area contributed by atoms with Crippen LogP contribution in [0.25, 0.3) is 0 Å². The highest BCUT2D eigenvalue weighted by Gasteiger charge is 2.58. The summed E-state index contributed by atoms with van der Waals surface area (Å²) in [4.78, 5) is 7.07. The van der Waals surface area contributed by atoms with E-state index in [0.29, 0.717) is 36.1 Å². The van der Waals surface area contributed by atoms with Gasteiger partial charge in [0.25, 0.3) is 0 Å². The summed E-state index contributed by atoms with van der Waals surface area (Å²) < 4.78 is 6.02. The molecule has 2 aliphatic heterocycles. The molecule has 0 aromatic rings. The van der Waals surface area contributed by atoms with Crippen molar-refractivity contribution in [2.45, 2.75) is 71.7 Å². The van der Waals surface area contributed by atoms with Gasteiger partial charge in [-0.15, -0.1) is 0 Å². The van der Waals surface area contributed by atoms with E-state index in [2.05, 4.69) is 55.1 Å². The van der Waals surface area contributed by atoms with Gasteiger partial charge in [-0.2, -0.15) is 0 Å². The molecule has 5 nitrogen and oxygen atoms in total. The normalized spacial score (nSPS) is 39.5. The minimum Gasteiger partial charge on any atom is -0.377 e. The lowest BCUT2D eigenvalue weighted by Crippen LogP contribution is -2.71. The number of hydrogen-bond donors (Lipinski definition) is 2. The zero-order chi connectivity index (χ0) is 17.5. The van der Waals surface area contributed by atoms with Crippen molar-refractivity contribution in [1.29, 1.82) is 0 Å². The fourth-order valence-corrected chi connectivity index (χ4v) is 4.92. The van der Waals surface area contributed by atoms with Gasteiger partial charge >= 0.3 is 0 Å². The summed E-state index contributed by atoms with van der Waals surface area (Å²) in [5, 5.41) is 7.41. The Hall–Kier alpha value is -0.810. The number of aliphatic imine (C=N–C) groups is 1. The molecular weight excluding hydrogens is 300 g/mol. The molecule has 1 saturated carbocycles. The Morgan fingerprint density at radius 2 is 2.00 bits per heavy atom. The Morgan fingerprint density at radius 3 is 2.62 bits per heavy atom. The summed E-state index contributed by atoms with van der Waals surface area (Å²) in [7, 11) is 1.88. The van der Waals surface area contributed by atoms with E-state index in [0.717, 1.165) is 19.1 Å². The zero-order valence-electron chi connectivity index (χ0n) is 16.3. The highest BCUT2D eigenvalue weighted by atomic mass is 16.5. The lowest BCUT2D eigenvalue weighted by atomic mass is 9.55. The summed E-state index contributed by atoms with van der Waals surface area (Å²) >= 11 is 0. The van der Waals surface area contributed by atoms with Gasteiger partial charge in [-0.3, -0.25) is 9.89 Å². The van der Waals surface area contributed by atoms with Crippen LogP contribution in [-0.2, 0) is 4.74 Å². The Balaban J connectivity index is 1.60. The molecule has 0 bridgehead atoms. The van der Waals surface area contributed by atoms with Gasteiger partial charge < -0.3 is 15.4 Å². The van der Waals surface area contributed by atoms with E-state index in [1.165, 1.54) is 19.4 Å². The second-order valence-electron chi connectivity index (χ2n) is 8.89. The minimum atomic E-state index is 0.175. The SMILES string of the molecule is CN=C(NC1CN(C(C)C)CC1C)NC1C2CCCOC2C1(C)C. The third kappa shape index (κ3) is 3.17. The highest BCUT2D eigenvalue weighted by molar-refractivity contribution is 5.80. The van der Waals surface area contributed by atoms with E-state index in [1.54, 1.807) is 0 Å². The fourth-order valence-electron chi connectivity index (χ4n) is 4.92. The predicted molar refractivity (Wildman–Crippen MR) is 99.3 cm³/mol. The molecule has 0 aromatic carbocycles. The molecule has 2 heterocycles. The summed E-state index contributed by atoms with van der Waals surface area (Å²) in [6.45, 7) is 14.7. The monoisotopic (exact) mass is 336 g/mol. The maximum absolute atomic E-state index is 6.02. The van der Waals surface area contributed by atoms with Gasteiger partial charge in [0.15, 0.2) is 5.96 Å². The number of rotatable bonds is 3. The van der Waals surface area contributed by atoms with Crippen LogP contribution >= 0.6 is 0 Å². The Kier molecular flexibility index (Phi) is 5.12. The van der Waals surface area contributed by atoms with Crippen molar-refractivity contribution in [3.8, 4) is 0 Å². The number of hydrogen-bond acceptors (Lipinski definition) is 3. The first kappa shape index (κ1) is 18.0. The van der Waals surface area contributed by atoms with Crippen LogP contribution in [0.5, 0.6) is 0 Å². The molecule has 3 aliphatic rings. The minimum absolute atomic E-state index is 0.175. The third-order valence-electron chi connectivity index (χ3n) is 6.54. The van der Waals surface area contributed by atoms with E-state index in [1.807, 2.05) is 7.05 Å². The highest BCUT2D eigenvalue weighted by Crippen LogP contribution is 2.51. The Bertz CT molecular complexity index is 476. The maximum atomic E-state index is 6.02. The molecule has 3 fully saturated rings. The van der Waals surface area contributed by atoms with Crippen molar-refractivity contribution in [3.63, 3.8) is 0 Å². The number of likely N-dealkylation sites (tertiary alicyclic amines) is 1. The van der Waals surface area contributed by atoms with Crippen molar-refractivity contribution >= 4 is 5.96 Å². The van der Waals surface area contributed by atoms with Crippen LogP contribution in [0.15, 0.2) is 4.99 Å². The second-order valence-corrected chi connectivity index (χ2v) is 8.89. The number of nitrogens with one attached hydrogen (secondary N) is 2. The maximum Gasteiger partial charge on any atom is 0.191 e. The fraction of sp³-hybridized carbons (Fsp3) is 0.947. The number of ether oxygens (including phenoxy) is 1. The molecule has 138 valence electrons. The zero-order valence-corrected chi connectivity index (χ0v) is 16.3. The summed E-state index contributed by atoms with van der Waals surface area (Å²) in [5.74, 6) is 2.23. The molecule has 5 heteroatoms. The van der Waals surface area contributed by atoms with Crippen LogP contribution < -0.4 is 10.6 Å². The lowest BCUT2D eigenvalue weighted by molar-refractivity contribution is -0.188. The molecule has 3 rings (SSSR count). The average Bonchev–Trinajstić information content (AvgIpc) is 2.92. The Labute approximate surface area is 147 Å². The van der Waals surface area contributed by atoms with E-state index < -0.39 is 0 Å². The number of nitrogens with zero attached hydrogens (tertiary/aromatic N) is 2. The van der Waals surface area contributed by atoms with Crippen LogP contribution in [0.2, 0.25) is 0 Å². The van der Waals surface area contributed by atoms with Crippen LogP contribution in [0, 0.1) is 17.3 Å². The van der Waals surface area contributed by atoms with Gasteiger partial charge in [-0.25, -0.2) is 0 Å². The van der Waals surface area contributed by atoms with Gasteiger partial charge in [0.1, 0.15) is 0 Å². The average molecular weight is 337 g/mol. The van der Waals surface area contributed by atoms with Gasteiger partial charge in [-0.1, -0.05) is 20.8 Å². The smallest absolute Gasteiger partial charge is 0.191 e. The second kappa shape index (κ2) is 6.83. The molecule has 24 heavy (non-hydrogen) atoms. The van der Waals surface area contributed by atoms with E-state index in [9.17, 15) is 0 Å². The lowest BCUT2D eigenvalue weighted by Gasteiger charge is -2.60. The number of fused-ring (bicyclic) bond motifs is 1. The summed E-state index contributed by atoms with van der Waals surface area (Å²) in [6, 6.07) is 1.53. The molecule has 1 aliphatic carbocycles. The van der Waals surface area contributed by atoms with Crippen molar-refractivity contribution in [1.82, 2.24) is 15.5 Å². The summed E-state index contributed by atoms with van der Waals surface area (Å²) in [6.07, 6.45) is 2.86. The van der Waals surface area contributed by atoms with Crippen molar-refractivity contribution in [3.05, 3.63) is 0 Å². The van der Waals surface area contributed by atoms with Crippen LogP contribution in [0.3, 0.4) is 0 Å². The van der Waals surface area contributed by atoms with Gasteiger partial charge in [-0.05, 0) is 32.6 Å². The third-order valence-corrected chi connectivity index (χ3v) is 6.54. The first-order valence-corrected chi connectivity index (χ1v) is 9.70. The summed E-state index contributed by atoms with van der Waals surface area (Å²) in [5.41, 5.74) is 0.175. The molecule has 0 radical (unpaired) electrons. The first-order chi connectivity index (χ1) is 11.3. The van der Waals surface area contributed by atoms with Crippen LogP contribution in [0.4, 0.5) is 0 Å². The van der Waals surface area contributed by atoms with Gasteiger partial charge in [0.05, 0.1) is 6.10 Å². The van der Waals surface area contributed by atoms with Crippen LogP contribution in [-0.4, -0.2) is 61.8 Å². The predicted octanol–water partition coefficient (Wildman–Crippen LogP) is 2.08. The molecule has 2 saturated heterocycles. The van der Waals surface area contributed by atoms with E-state index in [4.69, 9.17) is 4.74 Å². The topological polar surface area (TPSA) is 48.9 Å². The van der Waals surface area contributed by atoms with Gasteiger partial charge in [0.2, 0.25) is 0 Å². The largest absolute Gasteiger partial charge is 0.377 e. The number of guanidine groups is 1. The standard InChI is InChI=1S/C19H36N4O/c1-12(2)23-10-13(3)15(11-23)21-18(20-6)22-16-14-8-7-9-24-17(14)19(16,4)5/h12-17H,7-11H2,1-6H3,(H2,20,21,22). The van der Waals surface area contributed by atoms with Crippen molar-refractivity contribution in [2.75, 3.05) is 26.7 Å². The quantitative estimate of drug-likeness (QED) is 0.612. The van der Waals surface area contributed by atoms with E-state index in [-0.39, 0.29) is 5.41 Å². The van der Waals surface area contributed by atoms with Crippen molar-refractivity contribution in [2.24, 2.45) is 22.2 Å². The first-order valence-electron chi connectivity index (χ1n) is 9.70. The molecule has 5 atom stereocenters. The molecule has 2 N–H and O–H groups in total. The Morgan fingerprint density at radius 1 is 1.25 bits per heavy atom. The van der Waals surface area contributed by atoms with E-state index >= 15 is 0 Å². The molecular formula is C19H36N4O.